The number of aliphatic hydroxyl groups is 6. The van der Waals surface area contributed by atoms with Crippen LogP contribution in [0.15, 0.2) is 30.3 Å². The molecule has 9 atom stereocenters. The quantitative estimate of drug-likeness (QED) is 0.300. The standard InChI is InChI=1S/C18H26O10/c19-10-7-26-17(15(23)12(10)20)27-8-11-13(21)14(22)16(24)18(28-11)25-6-9-4-2-1-3-5-9/h1-5,10-24H,6-8H2/t10-,11-,12-,13-,14+,15+,16-,17+,18-/m1/s1. The van der Waals surface area contributed by atoms with Crippen LogP contribution in [0.4, 0.5) is 0 Å². The van der Waals surface area contributed by atoms with Gasteiger partial charge in [0.2, 0.25) is 0 Å². The van der Waals surface area contributed by atoms with Crippen molar-refractivity contribution in [3.8, 4) is 0 Å². The highest BCUT2D eigenvalue weighted by Crippen LogP contribution is 2.25. The Labute approximate surface area is 161 Å². The Morgan fingerprint density at radius 2 is 1.46 bits per heavy atom. The fourth-order valence-corrected chi connectivity index (χ4v) is 3.06. The van der Waals surface area contributed by atoms with Gasteiger partial charge in [-0.05, 0) is 5.56 Å². The highest BCUT2D eigenvalue weighted by Gasteiger charge is 2.45. The maximum Gasteiger partial charge on any atom is 0.187 e. The van der Waals surface area contributed by atoms with E-state index < -0.39 is 55.3 Å². The third-order valence-corrected chi connectivity index (χ3v) is 4.80. The number of ether oxygens (including phenoxy) is 4. The van der Waals surface area contributed by atoms with Gasteiger partial charge in [-0.25, -0.2) is 0 Å². The first-order chi connectivity index (χ1) is 13.4. The Kier molecular flexibility index (Phi) is 7.34. The second-order valence-electron chi connectivity index (χ2n) is 6.89. The first-order valence-corrected chi connectivity index (χ1v) is 9.01. The molecule has 0 bridgehead atoms. The zero-order valence-corrected chi connectivity index (χ0v) is 15.0. The van der Waals surface area contributed by atoms with Crippen molar-refractivity contribution in [3.05, 3.63) is 35.9 Å². The van der Waals surface area contributed by atoms with Gasteiger partial charge in [0.05, 0.1) is 19.8 Å². The second-order valence-corrected chi connectivity index (χ2v) is 6.89. The highest BCUT2D eigenvalue weighted by atomic mass is 16.7. The zero-order chi connectivity index (χ0) is 20.3. The summed E-state index contributed by atoms with van der Waals surface area (Å²) in [4.78, 5) is 0. The van der Waals surface area contributed by atoms with Gasteiger partial charge in [0, 0.05) is 0 Å². The van der Waals surface area contributed by atoms with Gasteiger partial charge in [0.1, 0.15) is 42.7 Å². The molecule has 0 amide bonds. The lowest BCUT2D eigenvalue weighted by molar-refractivity contribution is -0.322. The van der Waals surface area contributed by atoms with Crippen molar-refractivity contribution in [2.24, 2.45) is 0 Å². The molecule has 158 valence electrons. The van der Waals surface area contributed by atoms with Crippen molar-refractivity contribution >= 4 is 0 Å². The molecule has 28 heavy (non-hydrogen) atoms. The molecule has 1 aromatic rings. The highest BCUT2D eigenvalue weighted by molar-refractivity contribution is 5.13. The van der Waals surface area contributed by atoms with Crippen molar-refractivity contribution < 1.29 is 49.6 Å². The van der Waals surface area contributed by atoms with Gasteiger partial charge in [-0.2, -0.15) is 0 Å². The molecule has 2 saturated heterocycles. The molecule has 0 radical (unpaired) electrons. The van der Waals surface area contributed by atoms with E-state index in [2.05, 4.69) is 0 Å². The summed E-state index contributed by atoms with van der Waals surface area (Å²) in [6.07, 6.45) is -12.2. The fourth-order valence-electron chi connectivity index (χ4n) is 3.06. The summed E-state index contributed by atoms with van der Waals surface area (Å²) in [5, 5.41) is 59.3. The predicted molar refractivity (Wildman–Crippen MR) is 91.6 cm³/mol. The van der Waals surface area contributed by atoms with E-state index in [4.69, 9.17) is 18.9 Å². The fraction of sp³-hybridized carbons (Fsp3) is 0.667. The van der Waals surface area contributed by atoms with Crippen LogP contribution in [-0.2, 0) is 25.6 Å². The minimum Gasteiger partial charge on any atom is -0.388 e. The van der Waals surface area contributed by atoms with Crippen molar-refractivity contribution in [1.82, 2.24) is 0 Å². The first kappa shape index (κ1) is 21.5. The largest absolute Gasteiger partial charge is 0.388 e. The van der Waals surface area contributed by atoms with Crippen LogP contribution in [0.1, 0.15) is 5.56 Å². The third kappa shape index (κ3) is 4.86. The maximum atomic E-state index is 10.1. The summed E-state index contributed by atoms with van der Waals surface area (Å²) in [6, 6.07) is 9.14. The SMILES string of the molecule is O[C@@H]1[C@@H](O)[C@H](OCc2ccccc2)O[C@H](CO[C@@H]2OC[C@@H](O)[C@@H](O)[C@@H]2O)[C@H]1O. The Bertz CT molecular complexity index is 601. The van der Waals surface area contributed by atoms with E-state index in [1.807, 2.05) is 30.3 Å². The number of benzene rings is 1. The van der Waals surface area contributed by atoms with Crippen LogP contribution in [0, 0.1) is 0 Å². The Balaban J connectivity index is 1.56. The second kappa shape index (κ2) is 9.55. The molecule has 0 saturated carbocycles. The van der Waals surface area contributed by atoms with Gasteiger partial charge in [-0.1, -0.05) is 30.3 Å². The number of rotatable bonds is 6. The first-order valence-electron chi connectivity index (χ1n) is 9.01. The van der Waals surface area contributed by atoms with Gasteiger partial charge in [-0.15, -0.1) is 0 Å². The summed E-state index contributed by atoms with van der Waals surface area (Å²) >= 11 is 0. The lowest BCUT2D eigenvalue weighted by Gasteiger charge is -2.41. The molecule has 1 aromatic carbocycles. The molecule has 2 aliphatic heterocycles. The van der Waals surface area contributed by atoms with Crippen LogP contribution < -0.4 is 0 Å². The number of hydrogen-bond donors (Lipinski definition) is 6. The minimum absolute atomic E-state index is 0.119. The minimum atomic E-state index is -1.53. The molecule has 2 aliphatic rings. The van der Waals surface area contributed by atoms with Crippen LogP contribution in [0.5, 0.6) is 0 Å². The van der Waals surface area contributed by atoms with Gasteiger partial charge < -0.3 is 49.6 Å². The summed E-state index contributed by atoms with van der Waals surface area (Å²) in [5.41, 5.74) is 0.831. The Morgan fingerprint density at radius 1 is 0.786 bits per heavy atom. The van der Waals surface area contributed by atoms with Crippen molar-refractivity contribution in [1.29, 1.82) is 0 Å². The summed E-state index contributed by atoms with van der Waals surface area (Å²) < 4.78 is 21.5. The Morgan fingerprint density at radius 3 is 2.18 bits per heavy atom. The molecule has 0 aromatic heterocycles. The van der Waals surface area contributed by atoms with Gasteiger partial charge >= 0.3 is 0 Å². The average Bonchev–Trinajstić information content (AvgIpc) is 2.71. The van der Waals surface area contributed by atoms with Gasteiger partial charge in [0.25, 0.3) is 0 Å². The van der Waals surface area contributed by atoms with Crippen LogP contribution in [0.25, 0.3) is 0 Å². The topological polar surface area (TPSA) is 158 Å². The monoisotopic (exact) mass is 402 g/mol. The molecule has 10 nitrogen and oxygen atoms in total. The number of hydrogen-bond acceptors (Lipinski definition) is 10. The third-order valence-electron chi connectivity index (χ3n) is 4.80. The van der Waals surface area contributed by atoms with Crippen molar-refractivity contribution in [3.63, 3.8) is 0 Å². The summed E-state index contributed by atoms with van der Waals surface area (Å²) in [7, 11) is 0. The van der Waals surface area contributed by atoms with E-state index >= 15 is 0 Å². The summed E-state index contributed by atoms with van der Waals surface area (Å²) in [6.45, 7) is -0.435. The maximum absolute atomic E-state index is 10.1. The van der Waals surface area contributed by atoms with E-state index in [0.29, 0.717) is 0 Å². The van der Waals surface area contributed by atoms with E-state index in [1.54, 1.807) is 0 Å². The number of aliphatic hydroxyl groups excluding tert-OH is 6. The van der Waals surface area contributed by atoms with E-state index in [-0.39, 0.29) is 19.8 Å². The average molecular weight is 402 g/mol. The lowest BCUT2D eigenvalue weighted by Crippen LogP contribution is -2.60. The molecule has 2 heterocycles. The van der Waals surface area contributed by atoms with E-state index in [1.165, 1.54) is 0 Å². The molecular formula is C18H26O10. The molecule has 10 heteroatoms. The van der Waals surface area contributed by atoms with Crippen LogP contribution in [0.2, 0.25) is 0 Å². The summed E-state index contributed by atoms with van der Waals surface area (Å²) in [5.74, 6) is 0. The molecule has 0 spiro atoms. The van der Waals surface area contributed by atoms with Gasteiger partial charge in [-0.3, -0.25) is 0 Å². The van der Waals surface area contributed by atoms with Crippen LogP contribution in [-0.4, -0.2) is 99.2 Å². The predicted octanol–water partition coefficient (Wildman–Crippen LogP) is -2.53. The molecule has 2 fully saturated rings. The van der Waals surface area contributed by atoms with Crippen molar-refractivity contribution in [2.75, 3.05) is 13.2 Å². The van der Waals surface area contributed by atoms with Crippen LogP contribution >= 0.6 is 0 Å². The Hall–Kier alpha value is -1.18. The van der Waals surface area contributed by atoms with E-state index in [9.17, 15) is 30.6 Å². The lowest BCUT2D eigenvalue weighted by atomic mass is 9.99. The molecule has 0 unspecified atom stereocenters. The molecule has 0 aliphatic carbocycles. The molecule has 3 rings (SSSR count). The van der Waals surface area contributed by atoms with Crippen LogP contribution in [0.3, 0.4) is 0 Å². The zero-order valence-electron chi connectivity index (χ0n) is 15.0. The molecular weight excluding hydrogens is 376 g/mol. The smallest absolute Gasteiger partial charge is 0.187 e. The normalized spacial score (nSPS) is 41.7. The van der Waals surface area contributed by atoms with Gasteiger partial charge in [0.15, 0.2) is 12.6 Å². The molecule has 6 N–H and O–H groups in total. The van der Waals surface area contributed by atoms with Crippen molar-refractivity contribution in [2.45, 2.75) is 61.9 Å². The van der Waals surface area contributed by atoms with E-state index in [0.717, 1.165) is 5.56 Å².